The quantitative estimate of drug-likeness (QED) is 0.571. The van der Waals surface area contributed by atoms with Crippen LogP contribution in [0.3, 0.4) is 0 Å². The first kappa shape index (κ1) is 15.1. The molecule has 5 heteroatoms. The molecule has 0 saturated carbocycles. The van der Waals surface area contributed by atoms with Crippen molar-refractivity contribution in [1.29, 1.82) is 0 Å². The zero-order chi connectivity index (χ0) is 16.5. The van der Waals surface area contributed by atoms with Gasteiger partial charge in [-0.15, -0.1) is 11.8 Å². The van der Waals surface area contributed by atoms with Crippen LogP contribution in [-0.2, 0) is 0 Å². The van der Waals surface area contributed by atoms with Crippen molar-refractivity contribution in [2.24, 2.45) is 0 Å². The van der Waals surface area contributed by atoms with E-state index in [1.807, 2.05) is 49.4 Å². The van der Waals surface area contributed by atoms with Crippen LogP contribution in [0.5, 0.6) is 11.5 Å². The van der Waals surface area contributed by atoms with Crippen molar-refractivity contribution in [2.75, 3.05) is 19.0 Å². The van der Waals surface area contributed by atoms with E-state index in [-0.39, 0.29) is 5.78 Å². The van der Waals surface area contributed by atoms with Crippen LogP contribution in [0.1, 0.15) is 16.1 Å². The first-order valence-corrected chi connectivity index (χ1v) is 8.84. The first-order valence-electron chi connectivity index (χ1n) is 7.85. The number of fused-ring (bicyclic) bond motifs is 2. The number of aromatic nitrogens is 1. The van der Waals surface area contributed by atoms with Crippen molar-refractivity contribution >= 4 is 28.4 Å². The number of hydrogen-bond donors (Lipinski definition) is 1. The third-order valence-electron chi connectivity index (χ3n) is 4.06. The minimum absolute atomic E-state index is 0.129. The molecular formula is C19H17NO3S. The summed E-state index contributed by atoms with van der Waals surface area (Å²) in [6.45, 7) is 3.09. The molecule has 0 atom stereocenters. The molecule has 4 rings (SSSR count). The lowest BCUT2D eigenvalue weighted by molar-refractivity contribution is 0.102. The molecule has 0 saturated heterocycles. The number of rotatable bonds is 4. The van der Waals surface area contributed by atoms with Crippen LogP contribution in [0.4, 0.5) is 0 Å². The van der Waals surface area contributed by atoms with Crippen LogP contribution in [0.2, 0.25) is 0 Å². The molecule has 24 heavy (non-hydrogen) atoms. The second-order valence-electron chi connectivity index (χ2n) is 5.69. The number of hydrogen-bond acceptors (Lipinski definition) is 4. The van der Waals surface area contributed by atoms with Gasteiger partial charge in [0.25, 0.3) is 0 Å². The Hall–Kier alpha value is -2.40. The highest BCUT2D eigenvalue weighted by molar-refractivity contribution is 8.00. The average Bonchev–Trinajstić information content (AvgIpc) is 2.95. The van der Waals surface area contributed by atoms with E-state index in [0.29, 0.717) is 19.0 Å². The van der Waals surface area contributed by atoms with Crippen molar-refractivity contribution in [3.8, 4) is 11.5 Å². The average molecular weight is 339 g/mol. The summed E-state index contributed by atoms with van der Waals surface area (Å²) in [6, 6.07) is 13.7. The topological polar surface area (TPSA) is 51.3 Å². The molecule has 4 nitrogen and oxygen atoms in total. The van der Waals surface area contributed by atoms with Gasteiger partial charge in [0, 0.05) is 27.1 Å². The SMILES string of the molecule is Cc1[nH]c2ccccc2c1C(=O)CSc1ccc2c(c1)OCCO2. The van der Waals surface area contributed by atoms with Gasteiger partial charge in [-0.2, -0.15) is 0 Å². The van der Waals surface area contributed by atoms with Crippen LogP contribution in [0.25, 0.3) is 10.9 Å². The second-order valence-corrected chi connectivity index (χ2v) is 6.74. The number of nitrogens with one attached hydrogen (secondary N) is 1. The van der Waals surface area contributed by atoms with E-state index in [4.69, 9.17) is 9.47 Å². The highest BCUT2D eigenvalue weighted by Gasteiger charge is 2.17. The molecule has 2 heterocycles. The Kier molecular flexibility index (Phi) is 3.94. The minimum Gasteiger partial charge on any atom is -0.486 e. The number of aromatic amines is 1. The molecule has 2 aromatic carbocycles. The van der Waals surface area contributed by atoms with E-state index in [1.165, 1.54) is 11.8 Å². The monoisotopic (exact) mass is 339 g/mol. The van der Waals surface area contributed by atoms with E-state index >= 15 is 0 Å². The van der Waals surface area contributed by atoms with E-state index in [0.717, 1.165) is 38.6 Å². The van der Waals surface area contributed by atoms with Gasteiger partial charge in [0.1, 0.15) is 13.2 Å². The highest BCUT2D eigenvalue weighted by Crippen LogP contribution is 2.34. The normalized spacial score (nSPS) is 13.2. The highest BCUT2D eigenvalue weighted by atomic mass is 32.2. The largest absolute Gasteiger partial charge is 0.486 e. The van der Waals surface area contributed by atoms with Crippen LogP contribution < -0.4 is 9.47 Å². The fraction of sp³-hybridized carbons (Fsp3) is 0.211. The number of ketones is 1. The molecule has 0 bridgehead atoms. The van der Waals surface area contributed by atoms with E-state index < -0.39 is 0 Å². The van der Waals surface area contributed by atoms with Crippen molar-refractivity contribution < 1.29 is 14.3 Å². The Morgan fingerprint density at radius 1 is 1.12 bits per heavy atom. The molecule has 0 amide bonds. The summed E-state index contributed by atoms with van der Waals surface area (Å²) >= 11 is 1.52. The summed E-state index contributed by atoms with van der Waals surface area (Å²) < 4.78 is 11.1. The predicted molar refractivity (Wildman–Crippen MR) is 95.5 cm³/mol. The van der Waals surface area contributed by atoms with E-state index in [2.05, 4.69) is 4.98 Å². The lowest BCUT2D eigenvalue weighted by atomic mass is 10.1. The fourth-order valence-corrected chi connectivity index (χ4v) is 3.77. The fourth-order valence-electron chi connectivity index (χ4n) is 2.97. The summed E-state index contributed by atoms with van der Waals surface area (Å²) in [7, 11) is 0. The summed E-state index contributed by atoms with van der Waals surface area (Å²) in [5, 5.41) is 0.989. The van der Waals surface area contributed by atoms with Gasteiger partial charge in [-0.3, -0.25) is 4.79 Å². The number of ether oxygens (including phenoxy) is 2. The van der Waals surface area contributed by atoms with Gasteiger partial charge in [-0.25, -0.2) is 0 Å². The summed E-state index contributed by atoms with van der Waals surface area (Å²) in [6.07, 6.45) is 0. The van der Waals surface area contributed by atoms with Gasteiger partial charge in [0.05, 0.1) is 5.75 Å². The molecule has 1 aliphatic rings. The Bertz CT molecular complexity index is 916. The summed E-state index contributed by atoms with van der Waals surface area (Å²) in [5.41, 5.74) is 2.71. The van der Waals surface area contributed by atoms with Crippen molar-refractivity contribution in [3.05, 3.63) is 53.7 Å². The molecule has 0 radical (unpaired) electrons. The van der Waals surface area contributed by atoms with Crippen LogP contribution in [0, 0.1) is 6.92 Å². The smallest absolute Gasteiger partial charge is 0.175 e. The first-order chi connectivity index (χ1) is 11.7. The van der Waals surface area contributed by atoms with Crippen molar-refractivity contribution in [3.63, 3.8) is 0 Å². The van der Waals surface area contributed by atoms with Gasteiger partial charge < -0.3 is 14.5 Å². The predicted octanol–water partition coefficient (Wildman–Crippen LogP) is 4.22. The van der Waals surface area contributed by atoms with Crippen molar-refractivity contribution in [1.82, 2.24) is 4.98 Å². The maximum Gasteiger partial charge on any atom is 0.175 e. The third-order valence-corrected chi connectivity index (χ3v) is 5.05. The van der Waals surface area contributed by atoms with Crippen LogP contribution >= 0.6 is 11.8 Å². The number of aryl methyl sites for hydroxylation is 1. The minimum atomic E-state index is 0.129. The molecule has 0 spiro atoms. The maximum absolute atomic E-state index is 12.7. The van der Waals surface area contributed by atoms with Crippen LogP contribution in [0.15, 0.2) is 47.4 Å². The molecule has 1 aromatic heterocycles. The lowest BCUT2D eigenvalue weighted by Gasteiger charge is -2.18. The second kappa shape index (κ2) is 6.24. The number of H-pyrrole nitrogens is 1. The Morgan fingerprint density at radius 3 is 2.79 bits per heavy atom. The molecule has 122 valence electrons. The number of carbonyl (C=O) groups excluding carboxylic acids is 1. The van der Waals surface area contributed by atoms with Gasteiger partial charge >= 0.3 is 0 Å². The molecule has 0 fully saturated rings. The molecule has 3 aromatic rings. The molecule has 0 aliphatic carbocycles. The zero-order valence-electron chi connectivity index (χ0n) is 13.3. The summed E-state index contributed by atoms with van der Waals surface area (Å²) in [4.78, 5) is 17.0. The molecular weight excluding hydrogens is 322 g/mol. The lowest BCUT2D eigenvalue weighted by Crippen LogP contribution is -2.15. The zero-order valence-corrected chi connectivity index (χ0v) is 14.1. The maximum atomic E-state index is 12.7. The van der Waals surface area contributed by atoms with Gasteiger partial charge in [0.15, 0.2) is 17.3 Å². The summed E-state index contributed by atoms with van der Waals surface area (Å²) in [5.74, 6) is 2.04. The number of Topliss-reactive ketones (excluding diaryl/α,β-unsaturated/α-hetero) is 1. The van der Waals surface area contributed by atoms with Gasteiger partial charge in [0.2, 0.25) is 0 Å². The van der Waals surface area contributed by atoms with E-state index in [1.54, 1.807) is 0 Å². The van der Waals surface area contributed by atoms with E-state index in [9.17, 15) is 4.79 Å². The number of para-hydroxylation sites is 1. The Morgan fingerprint density at radius 2 is 1.92 bits per heavy atom. The molecule has 0 unspecified atom stereocenters. The number of benzene rings is 2. The van der Waals surface area contributed by atoms with Crippen LogP contribution in [-0.4, -0.2) is 29.7 Å². The molecule has 1 aliphatic heterocycles. The standard InChI is InChI=1S/C19H17NO3S/c1-12-19(14-4-2-3-5-15(14)20-12)16(21)11-24-13-6-7-17-18(10-13)23-9-8-22-17/h2-7,10,20H,8-9,11H2,1H3. The molecule has 1 N–H and O–H groups in total. The number of carbonyl (C=O) groups is 1. The third kappa shape index (κ3) is 2.76. The number of thioether (sulfide) groups is 1. The van der Waals surface area contributed by atoms with Gasteiger partial charge in [-0.1, -0.05) is 18.2 Å². The van der Waals surface area contributed by atoms with Gasteiger partial charge in [-0.05, 0) is 31.2 Å². The van der Waals surface area contributed by atoms with Crippen molar-refractivity contribution in [2.45, 2.75) is 11.8 Å². The Balaban J connectivity index is 1.53. The Labute approximate surface area is 144 Å².